The number of hydrogen-bond donors (Lipinski definition) is 0. The third-order valence-corrected chi connectivity index (χ3v) is 3.93. The summed E-state index contributed by atoms with van der Waals surface area (Å²) in [5, 5.41) is 4.16. The lowest BCUT2D eigenvalue weighted by Crippen LogP contribution is -1.80. The molecular formula is C12H7BrN2S. The number of fused-ring (bicyclic) bond motifs is 1. The Labute approximate surface area is 105 Å². The van der Waals surface area contributed by atoms with E-state index >= 15 is 0 Å². The predicted octanol–water partition coefficient (Wildman–Crippen LogP) is 4.12. The molecule has 2 heterocycles. The van der Waals surface area contributed by atoms with Gasteiger partial charge in [-0.3, -0.25) is 4.98 Å². The summed E-state index contributed by atoms with van der Waals surface area (Å²) in [5.74, 6) is 0. The summed E-state index contributed by atoms with van der Waals surface area (Å²) >= 11 is 5.00. The van der Waals surface area contributed by atoms with Crippen molar-refractivity contribution in [3.8, 4) is 10.6 Å². The van der Waals surface area contributed by atoms with Crippen molar-refractivity contribution in [2.45, 2.75) is 0 Å². The first-order valence-corrected chi connectivity index (χ1v) is 6.46. The maximum atomic E-state index is 4.40. The van der Waals surface area contributed by atoms with E-state index in [4.69, 9.17) is 0 Å². The second-order valence-electron chi connectivity index (χ2n) is 3.39. The molecule has 1 aromatic carbocycles. The summed E-state index contributed by atoms with van der Waals surface area (Å²) in [5.41, 5.74) is 2.15. The summed E-state index contributed by atoms with van der Waals surface area (Å²) in [6.45, 7) is 0. The highest BCUT2D eigenvalue weighted by atomic mass is 79.9. The van der Waals surface area contributed by atoms with E-state index in [1.54, 1.807) is 11.3 Å². The molecule has 3 rings (SSSR count). The molecule has 0 fully saturated rings. The number of halogens is 1. The van der Waals surface area contributed by atoms with Crippen LogP contribution in [0.3, 0.4) is 0 Å². The molecule has 0 atom stereocenters. The van der Waals surface area contributed by atoms with E-state index in [2.05, 4.69) is 44.1 Å². The van der Waals surface area contributed by atoms with Crippen molar-refractivity contribution in [3.63, 3.8) is 0 Å². The molecule has 4 heteroatoms. The lowest BCUT2D eigenvalue weighted by Gasteiger charge is -1.99. The Morgan fingerprint density at radius 3 is 2.94 bits per heavy atom. The van der Waals surface area contributed by atoms with Crippen molar-refractivity contribution in [2.75, 3.05) is 0 Å². The van der Waals surface area contributed by atoms with Crippen molar-refractivity contribution >= 4 is 38.2 Å². The average molecular weight is 291 g/mol. The summed E-state index contributed by atoms with van der Waals surface area (Å²) in [4.78, 5) is 8.70. The van der Waals surface area contributed by atoms with Gasteiger partial charge >= 0.3 is 0 Å². The van der Waals surface area contributed by atoms with Crippen molar-refractivity contribution < 1.29 is 0 Å². The molecule has 0 radical (unpaired) electrons. The average Bonchev–Trinajstić information content (AvgIpc) is 2.75. The van der Waals surface area contributed by atoms with Gasteiger partial charge < -0.3 is 0 Å². The third-order valence-electron chi connectivity index (χ3n) is 2.33. The normalized spacial score (nSPS) is 10.8. The van der Waals surface area contributed by atoms with Gasteiger partial charge in [0.1, 0.15) is 9.61 Å². The van der Waals surface area contributed by atoms with Crippen LogP contribution in [0.5, 0.6) is 0 Å². The molecule has 0 aliphatic rings. The van der Waals surface area contributed by atoms with E-state index in [0.29, 0.717) is 0 Å². The zero-order valence-corrected chi connectivity index (χ0v) is 10.6. The molecule has 0 bridgehead atoms. The highest BCUT2D eigenvalue weighted by Crippen LogP contribution is 2.28. The fourth-order valence-electron chi connectivity index (χ4n) is 1.60. The number of rotatable bonds is 1. The van der Waals surface area contributed by atoms with Gasteiger partial charge in [-0.25, -0.2) is 4.98 Å². The van der Waals surface area contributed by atoms with E-state index in [1.165, 1.54) is 0 Å². The van der Waals surface area contributed by atoms with Gasteiger partial charge in [0, 0.05) is 22.5 Å². The van der Waals surface area contributed by atoms with E-state index in [0.717, 1.165) is 26.1 Å². The first-order valence-electron chi connectivity index (χ1n) is 4.79. The number of thiazole rings is 1. The van der Waals surface area contributed by atoms with Crippen LogP contribution in [0.4, 0.5) is 0 Å². The lowest BCUT2D eigenvalue weighted by atomic mass is 10.1. The van der Waals surface area contributed by atoms with Crippen molar-refractivity contribution in [3.05, 3.63) is 46.5 Å². The first kappa shape index (κ1) is 9.93. The Morgan fingerprint density at radius 2 is 2.12 bits per heavy atom. The number of benzene rings is 1. The molecule has 0 saturated carbocycles. The summed E-state index contributed by atoms with van der Waals surface area (Å²) in [6, 6.07) is 10.2. The molecule has 0 N–H and O–H groups in total. The van der Waals surface area contributed by atoms with Gasteiger partial charge in [0.2, 0.25) is 0 Å². The van der Waals surface area contributed by atoms with Gasteiger partial charge in [-0.05, 0) is 40.2 Å². The van der Waals surface area contributed by atoms with Crippen LogP contribution in [-0.4, -0.2) is 9.97 Å². The largest absolute Gasteiger partial charge is 0.256 e. The number of nitrogens with zero attached hydrogens (tertiary/aromatic N) is 2. The highest BCUT2D eigenvalue weighted by Gasteiger charge is 2.04. The predicted molar refractivity (Wildman–Crippen MR) is 70.6 cm³/mol. The van der Waals surface area contributed by atoms with Crippen LogP contribution in [0, 0.1) is 0 Å². The number of aromatic nitrogens is 2. The minimum atomic E-state index is 0.888. The van der Waals surface area contributed by atoms with E-state index in [1.807, 2.05) is 23.7 Å². The number of hydrogen-bond acceptors (Lipinski definition) is 3. The Bertz CT molecular complexity index is 648. The minimum Gasteiger partial charge on any atom is -0.256 e. The van der Waals surface area contributed by atoms with Crippen LogP contribution in [0.2, 0.25) is 0 Å². The monoisotopic (exact) mass is 290 g/mol. The van der Waals surface area contributed by atoms with Crippen LogP contribution in [0.1, 0.15) is 0 Å². The molecule has 0 spiro atoms. The quantitative estimate of drug-likeness (QED) is 0.674. The Balaban J connectivity index is 2.18. The summed E-state index contributed by atoms with van der Waals surface area (Å²) < 4.78 is 0.888. The van der Waals surface area contributed by atoms with Crippen LogP contribution >= 0.6 is 27.3 Å². The zero-order chi connectivity index (χ0) is 11.0. The van der Waals surface area contributed by atoms with Gasteiger partial charge in [-0.1, -0.05) is 6.07 Å². The van der Waals surface area contributed by atoms with Crippen LogP contribution in [0.25, 0.3) is 21.5 Å². The maximum absolute atomic E-state index is 4.40. The van der Waals surface area contributed by atoms with Gasteiger partial charge in [0.05, 0.1) is 5.52 Å². The molecule has 16 heavy (non-hydrogen) atoms. The second-order valence-corrected chi connectivity index (χ2v) is 5.06. The van der Waals surface area contributed by atoms with Gasteiger partial charge in [-0.15, -0.1) is 11.3 Å². The second kappa shape index (κ2) is 3.96. The minimum absolute atomic E-state index is 0.888. The van der Waals surface area contributed by atoms with E-state index < -0.39 is 0 Å². The van der Waals surface area contributed by atoms with Crippen molar-refractivity contribution in [2.24, 2.45) is 0 Å². The standard InChI is InChI=1S/C12H7BrN2S/c13-11-7-16-12(15-11)9-3-4-10-8(6-9)2-1-5-14-10/h1-7H. The Kier molecular flexibility index (Phi) is 2.46. The first-order chi connectivity index (χ1) is 7.83. The molecule has 3 aromatic rings. The highest BCUT2D eigenvalue weighted by molar-refractivity contribution is 9.10. The molecule has 0 aliphatic heterocycles. The smallest absolute Gasteiger partial charge is 0.124 e. The Hall–Kier alpha value is -1.26. The van der Waals surface area contributed by atoms with Gasteiger partial charge in [-0.2, -0.15) is 0 Å². The molecule has 78 valence electrons. The number of pyridine rings is 1. The molecule has 0 saturated heterocycles. The lowest BCUT2D eigenvalue weighted by molar-refractivity contribution is 1.36. The van der Waals surface area contributed by atoms with Gasteiger partial charge in [0.25, 0.3) is 0 Å². The maximum Gasteiger partial charge on any atom is 0.124 e. The fourth-order valence-corrected chi connectivity index (χ4v) is 2.85. The van der Waals surface area contributed by atoms with Gasteiger partial charge in [0.15, 0.2) is 0 Å². The van der Waals surface area contributed by atoms with E-state index in [9.17, 15) is 0 Å². The van der Waals surface area contributed by atoms with Crippen molar-refractivity contribution in [1.29, 1.82) is 0 Å². The summed E-state index contributed by atoms with van der Waals surface area (Å²) in [6.07, 6.45) is 1.81. The topological polar surface area (TPSA) is 25.8 Å². The third kappa shape index (κ3) is 1.74. The van der Waals surface area contributed by atoms with Crippen molar-refractivity contribution in [1.82, 2.24) is 9.97 Å². The van der Waals surface area contributed by atoms with Crippen LogP contribution < -0.4 is 0 Å². The SMILES string of the molecule is Brc1csc(-c2ccc3ncccc3c2)n1. The van der Waals surface area contributed by atoms with E-state index in [-0.39, 0.29) is 0 Å². The molecule has 0 unspecified atom stereocenters. The Morgan fingerprint density at radius 1 is 1.19 bits per heavy atom. The zero-order valence-electron chi connectivity index (χ0n) is 8.22. The molecule has 2 aromatic heterocycles. The molecule has 0 aliphatic carbocycles. The fraction of sp³-hybridized carbons (Fsp3) is 0. The molecule has 2 nitrogen and oxygen atoms in total. The molecular weight excluding hydrogens is 284 g/mol. The van der Waals surface area contributed by atoms with Crippen LogP contribution in [-0.2, 0) is 0 Å². The van der Waals surface area contributed by atoms with Crippen LogP contribution in [0.15, 0.2) is 46.5 Å². The summed E-state index contributed by atoms with van der Waals surface area (Å²) in [7, 11) is 0. The molecule has 0 amide bonds.